The number of nitrogens with zero attached hydrogens (tertiary/aromatic N) is 2. The van der Waals surface area contributed by atoms with Gasteiger partial charge in [-0.3, -0.25) is 19.3 Å². The maximum absolute atomic E-state index is 12.6. The standard InChI is InChI=1S/C22H27N3O7S/c1-13-9-10-15(11-18(13)33(30,31)24(3)4)23-19(26)12-32-22(29)14(2)25-20(27)16-7-5-6-8-17(16)21(25)28/h5-6,9-11,14,16-17H,7-8,12H2,1-4H3,(H,23,26)/t14-,16+,17+/m0/s1. The number of fused-ring (bicyclic) bond motifs is 1. The molecule has 178 valence electrons. The normalized spacial score (nSPS) is 21.2. The van der Waals surface area contributed by atoms with Gasteiger partial charge in [0.25, 0.3) is 5.91 Å². The van der Waals surface area contributed by atoms with Gasteiger partial charge in [-0.15, -0.1) is 0 Å². The molecule has 0 unspecified atom stereocenters. The number of nitrogens with one attached hydrogen (secondary N) is 1. The molecule has 1 N–H and O–H groups in total. The van der Waals surface area contributed by atoms with E-state index in [2.05, 4.69) is 5.32 Å². The molecule has 0 aromatic heterocycles. The van der Waals surface area contributed by atoms with Crippen LogP contribution in [0.15, 0.2) is 35.2 Å². The Hall–Kier alpha value is -3.05. The van der Waals surface area contributed by atoms with Crippen molar-refractivity contribution in [3.05, 3.63) is 35.9 Å². The lowest BCUT2D eigenvalue weighted by Crippen LogP contribution is -2.45. The van der Waals surface area contributed by atoms with Crippen LogP contribution in [0, 0.1) is 18.8 Å². The zero-order chi connectivity index (χ0) is 24.5. The van der Waals surface area contributed by atoms with E-state index in [9.17, 15) is 27.6 Å². The van der Waals surface area contributed by atoms with E-state index in [1.165, 1.54) is 33.2 Å². The molecule has 11 heteroatoms. The summed E-state index contributed by atoms with van der Waals surface area (Å²) in [6.45, 7) is 2.37. The quantitative estimate of drug-likeness (QED) is 0.353. The van der Waals surface area contributed by atoms with Crippen LogP contribution in [0.2, 0.25) is 0 Å². The molecule has 0 bridgehead atoms. The topological polar surface area (TPSA) is 130 Å². The molecular weight excluding hydrogens is 450 g/mol. The Morgan fingerprint density at radius 3 is 2.27 bits per heavy atom. The van der Waals surface area contributed by atoms with Gasteiger partial charge in [0.1, 0.15) is 6.04 Å². The van der Waals surface area contributed by atoms with Crippen molar-refractivity contribution in [1.82, 2.24) is 9.21 Å². The summed E-state index contributed by atoms with van der Waals surface area (Å²) in [5, 5.41) is 2.49. The van der Waals surface area contributed by atoms with Crippen molar-refractivity contribution in [3.8, 4) is 0 Å². The Balaban J connectivity index is 1.61. The Morgan fingerprint density at radius 1 is 1.15 bits per heavy atom. The van der Waals surface area contributed by atoms with Crippen LogP contribution in [0.1, 0.15) is 25.3 Å². The van der Waals surface area contributed by atoms with Gasteiger partial charge in [-0.2, -0.15) is 0 Å². The Morgan fingerprint density at radius 2 is 1.73 bits per heavy atom. The van der Waals surface area contributed by atoms with Gasteiger partial charge in [-0.25, -0.2) is 17.5 Å². The first-order valence-corrected chi connectivity index (χ1v) is 11.9. The summed E-state index contributed by atoms with van der Waals surface area (Å²) < 4.78 is 31.0. The van der Waals surface area contributed by atoms with Crippen LogP contribution in [-0.4, -0.2) is 68.1 Å². The summed E-state index contributed by atoms with van der Waals surface area (Å²) in [6.07, 6.45) is 4.61. The lowest BCUT2D eigenvalue weighted by Gasteiger charge is -2.21. The fraction of sp³-hybridized carbons (Fsp3) is 0.455. The molecule has 0 spiro atoms. The van der Waals surface area contributed by atoms with Crippen molar-refractivity contribution in [1.29, 1.82) is 0 Å². The predicted molar refractivity (Wildman–Crippen MR) is 118 cm³/mol. The lowest BCUT2D eigenvalue weighted by molar-refractivity contribution is -0.159. The van der Waals surface area contributed by atoms with Crippen LogP contribution in [0.3, 0.4) is 0 Å². The highest BCUT2D eigenvalue weighted by molar-refractivity contribution is 7.89. The molecule has 2 aliphatic rings. The van der Waals surface area contributed by atoms with E-state index in [1.54, 1.807) is 13.0 Å². The Labute approximate surface area is 192 Å². The minimum Gasteiger partial charge on any atom is -0.454 e. The number of esters is 1. The monoisotopic (exact) mass is 477 g/mol. The number of aryl methyl sites for hydroxylation is 1. The van der Waals surface area contributed by atoms with Crippen LogP contribution in [0.5, 0.6) is 0 Å². The molecule has 0 saturated carbocycles. The second-order valence-electron chi connectivity index (χ2n) is 8.30. The summed E-state index contributed by atoms with van der Waals surface area (Å²) in [5.41, 5.74) is 0.731. The van der Waals surface area contributed by atoms with Gasteiger partial charge in [0, 0.05) is 19.8 Å². The third kappa shape index (κ3) is 4.83. The number of amides is 3. The van der Waals surface area contributed by atoms with Gasteiger partial charge in [0.15, 0.2) is 6.61 Å². The SMILES string of the molecule is Cc1ccc(NC(=O)COC(=O)[C@H](C)N2C(=O)[C@@H]3CC=CC[C@H]3C2=O)cc1S(=O)(=O)N(C)C. The van der Waals surface area contributed by atoms with Crippen molar-refractivity contribution in [3.63, 3.8) is 0 Å². The third-order valence-corrected chi connectivity index (χ3v) is 7.80. The number of ether oxygens (including phenoxy) is 1. The van der Waals surface area contributed by atoms with Crippen molar-refractivity contribution in [2.24, 2.45) is 11.8 Å². The summed E-state index contributed by atoms with van der Waals surface area (Å²) in [6, 6.07) is 3.26. The number of benzene rings is 1. The minimum atomic E-state index is -3.71. The van der Waals surface area contributed by atoms with Crippen LogP contribution in [-0.2, 0) is 33.9 Å². The first-order chi connectivity index (χ1) is 15.4. The molecule has 1 fully saturated rings. The average Bonchev–Trinajstić information content (AvgIpc) is 3.03. The number of sulfonamides is 1. The van der Waals surface area contributed by atoms with Crippen molar-refractivity contribution in [2.45, 2.75) is 37.6 Å². The Bertz CT molecular complexity index is 1100. The highest BCUT2D eigenvalue weighted by atomic mass is 32.2. The van der Waals surface area contributed by atoms with Gasteiger partial charge in [0.05, 0.1) is 16.7 Å². The molecule has 10 nitrogen and oxygen atoms in total. The van der Waals surface area contributed by atoms with E-state index < -0.39 is 58.2 Å². The predicted octanol–water partition coefficient (Wildman–Crippen LogP) is 1.07. The second kappa shape index (κ2) is 9.44. The van der Waals surface area contributed by atoms with Gasteiger partial charge < -0.3 is 10.1 Å². The van der Waals surface area contributed by atoms with Crippen LogP contribution in [0.25, 0.3) is 0 Å². The van der Waals surface area contributed by atoms with E-state index in [4.69, 9.17) is 4.74 Å². The number of hydrogen-bond acceptors (Lipinski definition) is 7. The first-order valence-electron chi connectivity index (χ1n) is 10.5. The molecule has 0 radical (unpaired) electrons. The number of anilines is 1. The van der Waals surface area contributed by atoms with E-state index in [1.807, 2.05) is 12.2 Å². The number of likely N-dealkylation sites (tertiary alicyclic amines) is 1. The van der Waals surface area contributed by atoms with Crippen LogP contribution >= 0.6 is 0 Å². The van der Waals surface area contributed by atoms with E-state index in [-0.39, 0.29) is 10.6 Å². The largest absolute Gasteiger partial charge is 0.454 e. The smallest absolute Gasteiger partial charge is 0.329 e. The van der Waals surface area contributed by atoms with Crippen molar-refractivity contribution in [2.75, 3.05) is 26.0 Å². The molecule has 33 heavy (non-hydrogen) atoms. The van der Waals surface area contributed by atoms with Crippen LogP contribution in [0.4, 0.5) is 5.69 Å². The zero-order valence-corrected chi connectivity index (χ0v) is 19.7. The third-order valence-electron chi connectivity index (χ3n) is 5.85. The average molecular weight is 478 g/mol. The maximum atomic E-state index is 12.6. The fourth-order valence-electron chi connectivity index (χ4n) is 3.92. The van der Waals surface area contributed by atoms with Gasteiger partial charge >= 0.3 is 5.97 Å². The molecule has 1 aliphatic heterocycles. The number of allylic oxidation sites excluding steroid dienone is 2. The number of rotatable bonds is 7. The summed E-state index contributed by atoms with van der Waals surface area (Å²) in [4.78, 5) is 50.9. The highest BCUT2D eigenvalue weighted by Crippen LogP contribution is 2.36. The fourth-order valence-corrected chi connectivity index (χ4v) is 5.06. The van der Waals surface area contributed by atoms with E-state index in [0.717, 1.165) is 9.21 Å². The number of carbonyl (C=O) groups excluding carboxylic acids is 4. The summed E-state index contributed by atoms with van der Waals surface area (Å²) in [7, 11) is -0.900. The van der Waals surface area contributed by atoms with E-state index >= 15 is 0 Å². The number of hydrogen-bond donors (Lipinski definition) is 1. The molecule has 3 rings (SSSR count). The summed E-state index contributed by atoms with van der Waals surface area (Å²) in [5.74, 6) is -3.30. The highest BCUT2D eigenvalue weighted by Gasteiger charge is 2.50. The number of carbonyl (C=O) groups is 4. The van der Waals surface area contributed by atoms with Gasteiger partial charge in [-0.1, -0.05) is 18.2 Å². The zero-order valence-electron chi connectivity index (χ0n) is 18.9. The molecule has 3 atom stereocenters. The molecule has 1 aromatic carbocycles. The number of imide groups is 1. The van der Waals surface area contributed by atoms with Crippen molar-refractivity contribution < 1.29 is 32.3 Å². The molecule has 1 saturated heterocycles. The summed E-state index contributed by atoms with van der Waals surface area (Å²) >= 11 is 0. The Kier molecular flexibility index (Phi) is 7.03. The molecule has 1 aromatic rings. The van der Waals surface area contributed by atoms with Crippen molar-refractivity contribution >= 4 is 39.4 Å². The minimum absolute atomic E-state index is 0.0398. The maximum Gasteiger partial charge on any atom is 0.329 e. The van der Waals surface area contributed by atoms with Gasteiger partial charge in [-0.05, 0) is 44.4 Å². The molecule has 1 heterocycles. The van der Waals surface area contributed by atoms with Crippen LogP contribution < -0.4 is 5.32 Å². The lowest BCUT2D eigenvalue weighted by atomic mass is 9.85. The molecule has 1 aliphatic carbocycles. The second-order valence-corrected chi connectivity index (χ2v) is 10.4. The molecule has 3 amide bonds. The van der Waals surface area contributed by atoms with Gasteiger partial charge in [0.2, 0.25) is 21.8 Å². The first kappa shape index (κ1) is 24.6. The van der Waals surface area contributed by atoms with E-state index in [0.29, 0.717) is 18.4 Å². The molecular formula is C22H27N3O7S.